The molecule has 5 amide bonds. The summed E-state index contributed by atoms with van der Waals surface area (Å²) in [6.07, 6.45) is -5.31. The number of carboxylic acid groups (broad SMARTS) is 1. The molecule has 4 aromatic carbocycles. The number of rotatable bonds is 8. The van der Waals surface area contributed by atoms with Gasteiger partial charge in [-0.25, -0.2) is 4.79 Å². The highest BCUT2D eigenvalue weighted by atomic mass is 19.4. The number of hydrogen-bond donors (Lipinski definition) is 6. The van der Waals surface area contributed by atoms with Crippen LogP contribution in [0.5, 0.6) is 0 Å². The number of nitrogens with one attached hydrogen (secondary N) is 5. The van der Waals surface area contributed by atoms with Gasteiger partial charge in [-0.15, -0.1) is 0 Å². The maximum atomic E-state index is 14.2. The van der Waals surface area contributed by atoms with Crippen molar-refractivity contribution in [2.24, 2.45) is 0 Å². The Bertz CT molecular complexity index is 2030. The number of carbonyl (C=O) groups is 6. The Balaban J connectivity index is 1.50. The van der Waals surface area contributed by atoms with E-state index in [1.54, 1.807) is 66.7 Å². The lowest BCUT2D eigenvalue weighted by molar-refractivity contribution is -0.142. The molecule has 0 aliphatic carbocycles. The first-order valence-electron chi connectivity index (χ1n) is 18.3. The maximum absolute atomic E-state index is 14.2. The third-order valence-corrected chi connectivity index (χ3v) is 9.36. The summed E-state index contributed by atoms with van der Waals surface area (Å²) in [4.78, 5) is 80.4. The summed E-state index contributed by atoms with van der Waals surface area (Å²) in [5.41, 5.74) is 1.67. The number of hydrogen-bond acceptors (Lipinski definition) is 6. The molecule has 6 rings (SSSR count). The van der Waals surface area contributed by atoms with Gasteiger partial charge >= 0.3 is 12.1 Å². The average Bonchev–Trinajstić information content (AvgIpc) is 3.18. The fourth-order valence-electron chi connectivity index (χ4n) is 6.25. The number of halogens is 3. The summed E-state index contributed by atoms with van der Waals surface area (Å²) < 4.78 is 40.1. The Morgan fingerprint density at radius 2 is 1.11 bits per heavy atom. The zero-order valence-electron chi connectivity index (χ0n) is 30.7. The molecule has 0 saturated carbocycles. The Morgan fingerprint density at radius 3 is 1.67 bits per heavy atom. The van der Waals surface area contributed by atoms with Crippen molar-refractivity contribution >= 4 is 41.2 Å². The largest absolute Gasteiger partial charge is 0.480 e. The molecule has 57 heavy (non-hydrogen) atoms. The van der Waals surface area contributed by atoms with E-state index in [1.165, 1.54) is 12.1 Å². The summed E-state index contributed by atoms with van der Waals surface area (Å²) in [5.74, 6) is -5.00. The van der Waals surface area contributed by atoms with Gasteiger partial charge in [0, 0.05) is 37.8 Å². The van der Waals surface area contributed by atoms with Gasteiger partial charge in [0.05, 0.1) is 5.56 Å². The first kappa shape index (κ1) is 41.6. The van der Waals surface area contributed by atoms with E-state index in [4.69, 9.17) is 0 Å². The quantitative estimate of drug-likeness (QED) is 0.145. The lowest BCUT2D eigenvalue weighted by Crippen LogP contribution is -2.59. The number of alkyl halides is 3. The van der Waals surface area contributed by atoms with E-state index >= 15 is 0 Å². The molecule has 12 nitrogen and oxygen atoms in total. The molecule has 15 heteroatoms. The monoisotopic (exact) mass is 785 g/mol. The smallest absolute Gasteiger partial charge is 0.416 e. The molecule has 0 radical (unpaired) electrons. The fourth-order valence-corrected chi connectivity index (χ4v) is 6.25. The summed E-state index contributed by atoms with van der Waals surface area (Å²) >= 11 is 0. The molecule has 2 bridgehead atoms. The molecule has 0 unspecified atom stereocenters. The van der Waals surface area contributed by atoms with Crippen molar-refractivity contribution in [1.29, 1.82) is 0 Å². The van der Waals surface area contributed by atoms with Crippen LogP contribution < -0.4 is 26.6 Å². The van der Waals surface area contributed by atoms with Crippen molar-refractivity contribution in [1.82, 2.24) is 21.3 Å². The number of carbonyl (C=O) groups excluding carboxylic acids is 5. The molecular weight excluding hydrogens is 743 g/mol. The SMILES string of the molecule is O=C1CCC(=O)N[C@H](CCc2ccccc2)C(=O)N[C@@H](Cc2ccc(C(F)(F)F)cc2)C(=O)N[C@H](Cc2ccccc2)C(=O)N[C@@H](C(=O)O)Cc2ccc(cc2)N1. The standard InChI is InChI=1S/C42H42F3N5O7/c43-42(44,45)30-16-11-28(12-17-30)24-34-39(54)49-33(23-27-9-5-2-6-10-27)40(55)50-35(41(56)57)25-29-13-18-31(19-14-29)46-36(51)21-22-37(52)47-32(38(53)48-34)20-15-26-7-3-1-4-8-26/h1-14,16-19,32-35H,15,20-25H2,(H,46,51)(H,47,52)(H,48,53)(H,49,54)(H,50,55)(H,56,57)/t32-,33-,34+,35-/m1/s1. The molecule has 0 spiro atoms. The van der Waals surface area contributed by atoms with Crippen LogP contribution in [0.2, 0.25) is 0 Å². The summed E-state index contributed by atoms with van der Waals surface area (Å²) in [6, 6.07) is 22.5. The highest BCUT2D eigenvalue weighted by Gasteiger charge is 2.33. The Kier molecular flexibility index (Phi) is 14.2. The first-order chi connectivity index (χ1) is 27.2. The Hall–Kier alpha value is -6.51. The van der Waals surface area contributed by atoms with E-state index in [2.05, 4.69) is 26.6 Å². The zero-order valence-corrected chi connectivity index (χ0v) is 30.7. The molecule has 6 N–H and O–H groups in total. The minimum Gasteiger partial charge on any atom is -0.480 e. The topological polar surface area (TPSA) is 183 Å². The van der Waals surface area contributed by atoms with Gasteiger partial charge in [0.1, 0.15) is 24.2 Å². The van der Waals surface area contributed by atoms with Crippen LogP contribution in [0.4, 0.5) is 18.9 Å². The predicted molar refractivity (Wildman–Crippen MR) is 203 cm³/mol. The molecule has 0 aromatic heterocycles. The van der Waals surface area contributed by atoms with Crippen LogP contribution in [0.15, 0.2) is 109 Å². The summed E-state index contributed by atoms with van der Waals surface area (Å²) in [7, 11) is 0. The Morgan fingerprint density at radius 1 is 0.596 bits per heavy atom. The van der Waals surface area contributed by atoms with E-state index < -0.39 is 71.4 Å². The highest BCUT2D eigenvalue weighted by Crippen LogP contribution is 2.29. The normalized spacial score (nSPS) is 20.2. The van der Waals surface area contributed by atoms with Gasteiger partial charge in [-0.1, -0.05) is 84.9 Å². The summed E-state index contributed by atoms with van der Waals surface area (Å²) in [6.45, 7) is 0. The zero-order chi connectivity index (χ0) is 41.0. The molecule has 2 heterocycles. The van der Waals surface area contributed by atoms with Crippen LogP contribution in [-0.2, 0) is 60.6 Å². The third-order valence-electron chi connectivity index (χ3n) is 9.36. The van der Waals surface area contributed by atoms with E-state index in [-0.39, 0.29) is 44.1 Å². The summed E-state index contributed by atoms with van der Waals surface area (Å²) in [5, 5.41) is 23.2. The van der Waals surface area contributed by atoms with Crippen molar-refractivity contribution in [2.75, 3.05) is 5.32 Å². The average molecular weight is 786 g/mol. The first-order valence-corrected chi connectivity index (χ1v) is 18.3. The van der Waals surface area contributed by atoms with Crippen LogP contribution in [0.25, 0.3) is 0 Å². The van der Waals surface area contributed by atoms with Crippen molar-refractivity contribution in [2.45, 2.75) is 75.3 Å². The van der Waals surface area contributed by atoms with Crippen LogP contribution in [0.1, 0.15) is 47.1 Å². The number of carboxylic acids is 1. The number of amides is 5. The van der Waals surface area contributed by atoms with Crippen molar-refractivity contribution in [3.05, 3.63) is 137 Å². The number of anilines is 1. The van der Waals surface area contributed by atoms with Crippen LogP contribution in [-0.4, -0.2) is 64.8 Å². The molecule has 2 aliphatic heterocycles. The number of benzene rings is 4. The number of aliphatic carboxylic acids is 1. The second-order valence-corrected chi connectivity index (χ2v) is 13.7. The van der Waals surface area contributed by atoms with Gasteiger partial charge in [-0.3, -0.25) is 24.0 Å². The lowest BCUT2D eigenvalue weighted by atomic mass is 9.99. The van der Waals surface area contributed by atoms with E-state index in [1.807, 2.05) is 18.2 Å². The second-order valence-electron chi connectivity index (χ2n) is 13.7. The number of fused-ring (bicyclic) bond motifs is 18. The Labute approximate surface area is 326 Å². The van der Waals surface area contributed by atoms with Gasteiger partial charge in [0.25, 0.3) is 0 Å². The molecule has 0 saturated heterocycles. The lowest BCUT2D eigenvalue weighted by Gasteiger charge is -2.26. The third kappa shape index (κ3) is 12.8. The second kappa shape index (κ2) is 19.4. The van der Waals surface area contributed by atoms with Gasteiger partial charge in [0.2, 0.25) is 29.5 Å². The molecule has 0 fully saturated rings. The highest BCUT2D eigenvalue weighted by molar-refractivity contribution is 5.96. The predicted octanol–water partition coefficient (Wildman–Crippen LogP) is 4.12. The minimum atomic E-state index is -4.62. The van der Waals surface area contributed by atoms with Gasteiger partial charge in [-0.2, -0.15) is 13.2 Å². The molecule has 298 valence electrons. The van der Waals surface area contributed by atoms with Crippen molar-refractivity contribution in [3.8, 4) is 0 Å². The number of aryl methyl sites for hydroxylation is 1. The van der Waals surface area contributed by atoms with E-state index in [0.29, 0.717) is 23.2 Å². The molecule has 4 aromatic rings. The van der Waals surface area contributed by atoms with Gasteiger partial charge < -0.3 is 31.7 Å². The van der Waals surface area contributed by atoms with Crippen molar-refractivity contribution < 1.29 is 47.0 Å². The van der Waals surface area contributed by atoms with Crippen molar-refractivity contribution in [3.63, 3.8) is 0 Å². The molecule has 2 aliphatic rings. The van der Waals surface area contributed by atoms with Crippen LogP contribution in [0, 0.1) is 0 Å². The van der Waals surface area contributed by atoms with Gasteiger partial charge in [-0.05, 0) is 59.4 Å². The maximum Gasteiger partial charge on any atom is 0.416 e. The molecular formula is C42H42F3N5O7. The minimum absolute atomic E-state index is 0.0738. The van der Waals surface area contributed by atoms with Crippen LogP contribution in [0.3, 0.4) is 0 Å². The van der Waals surface area contributed by atoms with Gasteiger partial charge in [0.15, 0.2) is 0 Å². The van der Waals surface area contributed by atoms with Crippen LogP contribution >= 0.6 is 0 Å². The van der Waals surface area contributed by atoms with E-state index in [0.717, 1.165) is 17.7 Å². The fraction of sp³-hybridized carbons (Fsp3) is 0.286. The molecule has 4 atom stereocenters. The van der Waals surface area contributed by atoms with E-state index in [9.17, 15) is 47.0 Å².